The Morgan fingerprint density at radius 3 is 2.59 bits per heavy atom. The Kier molecular flexibility index (Phi) is 6.71. The van der Waals surface area contributed by atoms with Crippen LogP contribution in [0.15, 0.2) is 53.0 Å². The minimum absolute atomic E-state index is 0.0203. The number of carbonyl (C=O) groups is 4. The predicted octanol–water partition coefficient (Wildman–Crippen LogP) is 3.24. The summed E-state index contributed by atoms with van der Waals surface area (Å²) in [6, 6.07) is 13.2. The molecule has 3 amide bonds. The first kappa shape index (κ1) is 21.1. The Balaban J connectivity index is 1.60. The minimum Gasteiger partial charge on any atom is -0.465 e. The summed E-state index contributed by atoms with van der Waals surface area (Å²) in [6.07, 6.45) is 0.0203. The fraction of sp³-hybridized carbons (Fsp3) is 0.200. The van der Waals surface area contributed by atoms with Gasteiger partial charge in [-0.3, -0.25) is 14.4 Å². The number of anilines is 2. The normalized spacial score (nSPS) is 16.1. The second kappa shape index (κ2) is 9.23. The highest BCUT2D eigenvalue weighted by Gasteiger charge is 2.40. The van der Waals surface area contributed by atoms with Crippen LogP contribution in [0.25, 0.3) is 0 Å². The second-order valence-corrected chi connectivity index (χ2v) is 8.27. The number of carbonyl (C=O) groups excluding carboxylic acids is 4. The zero-order valence-corrected chi connectivity index (χ0v) is 17.8. The molecule has 0 aromatic heterocycles. The predicted molar refractivity (Wildman–Crippen MR) is 114 cm³/mol. The number of nitrogens with one attached hydrogen (secondary N) is 1. The molecule has 1 saturated heterocycles. The van der Waals surface area contributed by atoms with Gasteiger partial charge in [0.1, 0.15) is 0 Å². The van der Waals surface area contributed by atoms with Gasteiger partial charge in [-0.25, -0.2) is 9.69 Å². The molecule has 0 aliphatic carbocycles. The van der Waals surface area contributed by atoms with E-state index in [0.29, 0.717) is 16.9 Å². The van der Waals surface area contributed by atoms with Gasteiger partial charge in [-0.05, 0) is 42.5 Å². The monoisotopic (exact) mass is 476 g/mol. The average Bonchev–Trinajstić information content (AvgIpc) is 2.99. The van der Waals surface area contributed by atoms with Crippen LogP contribution in [-0.2, 0) is 19.1 Å². The van der Waals surface area contributed by atoms with Gasteiger partial charge in [0, 0.05) is 16.6 Å². The Morgan fingerprint density at radius 2 is 1.93 bits per heavy atom. The zero-order chi connectivity index (χ0) is 21.0. The van der Waals surface area contributed by atoms with Crippen molar-refractivity contribution >= 4 is 62.8 Å². The van der Waals surface area contributed by atoms with Crippen LogP contribution in [-0.4, -0.2) is 41.8 Å². The zero-order valence-electron chi connectivity index (χ0n) is 15.4. The number of nitrogens with zero attached hydrogens (tertiary/aromatic N) is 1. The Hall–Kier alpha value is -2.65. The molecule has 2 aromatic rings. The van der Waals surface area contributed by atoms with E-state index in [-0.39, 0.29) is 29.9 Å². The van der Waals surface area contributed by atoms with E-state index in [1.54, 1.807) is 18.2 Å². The third-order valence-corrected chi connectivity index (χ3v) is 5.87. The summed E-state index contributed by atoms with van der Waals surface area (Å²) in [4.78, 5) is 49.7. The Morgan fingerprint density at radius 1 is 1.21 bits per heavy atom. The molecule has 1 fully saturated rings. The molecule has 7 nitrogen and oxygen atoms in total. The van der Waals surface area contributed by atoms with E-state index >= 15 is 0 Å². The van der Waals surface area contributed by atoms with Gasteiger partial charge in [-0.15, -0.1) is 11.8 Å². The Bertz CT molecular complexity index is 964. The molecule has 1 N–H and O–H groups in total. The average molecular weight is 477 g/mol. The van der Waals surface area contributed by atoms with Crippen LogP contribution in [0.1, 0.15) is 16.8 Å². The van der Waals surface area contributed by atoms with E-state index in [1.807, 2.05) is 6.07 Å². The largest absolute Gasteiger partial charge is 0.465 e. The summed E-state index contributed by atoms with van der Waals surface area (Å²) >= 11 is 4.46. The standard InChI is InChI=1S/C20H17BrN2O5S/c1-28-20(27)12-5-7-15(8-6-12)23-18(25)10-16(19(23)26)29-11-17(24)22-14-4-2-3-13(21)9-14/h2-9,16H,10-11H2,1H3,(H,22,24). The lowest BCUT2D eigenvalue weighted by Crippen LogP contribution is -2.31. The van der Waals surface area contributed by atoms with Gasteiger partial charge in [0.2, 0.25) is 17.7 Å². The summed E-state index contributed by atoms with van der Waals surface area (Å²) in [5.74, 6) is -1.42. The van der Waals surface area contributed by atoms with Crippen LogP contribution in [0.4, 0.5) is 11.4 Å². The van der Waals surface area contributed by atoms with Crippen molar-refractivity contribution in [2.24, 2.45) is 0 Å². The molecule has 3 rings (SSSR count). The van der Waals surface area contributed by atoms with Crippen molar-refractivity contribution in [2.75, 3.05) is 23.1 Å². The van der Waals surface area contributed by atoms with Crippen LogP contribution in [0.2, 0.25) is 0 Å². The van der Waals surface area contributed by atoms with Crippen molar-refractivity contribution in [2.45, 2.75) is 11.7 Å². The van der Waals surface area contributed by atoms with E-state index in [0.717, 1.165) is 21.1 Å². The molecule has 9 heteroatoms. The fourth-order valence-electron chi connectivity index (χ4n) is 2.81. The molecule has 1 heterocycles. The van der Waals surface area contributed by atoms with Crippen LogP contribution in [0.5, 0.6) is 0 Å². The molecule has 0 bridgehead atoms. The van der Waals surface area contributed by atoms with Crippen LogP contribution in [0, 0.1) is 0 Å². The maximum atomic E-state index is 12.7. The molecule has 1 aliphatic heterocycles. The van der Waals surface area contributed by atoms with Crippen molar-refractivity contribution in [1.29, 1.82) is 0 Å². The van der Waals surface area contributed by atoms with Crippen molar-refractivity contribution in [3.8, 4) is 0 Å². The number of hydrogen-bond donors (Lipinski definition) is 1. The van der Waals surface area contributed by atoms with E-state index in [1.165, 1.54) is 31.4 Å². The van der Waals surface area contributed by atoms with Gasteiger partial charge < -0.3 is 10.1 Å². The van der Waals surface area contributed by atoms with Gasteiger partial charge in [-0.1, -0.05) is 22.0 Å². The molecule has 0 spiro atoms. The summed E-state index contributed by atoms with van der Waals surface area (Å²) < 4.78 is 5.48. The van der Waals surface area contributed by atoms with E-state index in [2.05, 4.69) is 26.0 Å². The number of esters is 1. The summed E-state index contributed by atoms with van der Waals surface area (Å²) in [5, 5.41) is 2.13. The Labute approximate surface area is 179 Å². The lowest BCUT2D eigenvalue weighted by molar-refractivity contribution is -0.121. The number of imide groups is 1. The van der Waals surface area contributed by atoms with Crippen LogP contribution in [0.3, 0.4) is 0 Å². The molecule has 1 unspecified atom stereocenters. The topological polar surface area (TPSA) is 92.8 Å². The highest BCUT2D eigenvalue weighted by molar-refractivity contribution is 9.10. The van der Waals surface area contributed by atoms with Crippen LogP contribution < -0.4 is 10.2 Å². The third-order valence-electron chi connectivity index (χ3n) is 4.18. The van der Waals surface area contributed by atoms with Gasteiger partial charge in [0.15, 0.2) is 0 Å². The van der Waals surface area contributed by atoms with Gasteiger partial charge >= 0.3 is 5.97 Å². The van der Waals surface area contributed by atoms with Crippen molar-refractivity contribution < 1.29 is 23.9 Å². The van der Waals surface area contributed by atoms with Crippen molar-refractivity contribution in [3.05, 3.63) is 58.6 Å². The summed E-state index contributed by atoms with van der Waals surface area (Å²) in [5.41, 5.74) is 1.35. The number of halogens is 1. The smallest absolute Gasteiger partial charge is 0.337 e. The van der Waals surface area contributed by atoms with Crippen molar-refractivity contribution in [1.82, 2.24) is 0 Å². The van der Waals surface area contributed by atoms with Crippen LogP contribution >= 0.6 is 27.7 Å². The van der Waals surface area contributed by atoms with Gasteiger partial charge in [0.05, 0.1) is 29.4 Å². The number of methoxy groups -OCH3 is 1. The van der Waals surface area contributed by atoms with Crippen molar-refractivity contribution in [3.63, 3.8) is 0 Å². The molecule has 1 aliphatic rings. The molecule has 1 atom stereocenters. The number of thioether (sulfide) groups is 1. The van der Waals surface area contributed by atoms with Gasteiger partial charge in [0.25, 0.3) is 0 Å². The molecular weight excluding hydrogens is 460 g/mol. The van der Waals surface area contributed by atoms with Gasteiger partial charge in [-0.2, -0.15) is 0 Å². The molecular formula is C20H17BrN2O5S. The highest BCUT2D eigenvalue weighted by Crippen LogP contribution is 2.30. The molecule has 0 radical (unpaired) electrons. The van der Waals surface area contributed by atoms with E-state index in [9.17, 15) is 19.2 Å². The number of hydrogen-bond acceptors (Lipinski definition) is 6. The second-order valence-electron chi connectivity index (χ2n) is 6.17. The fourth-order valence-corrected chi connectivity index (χ4v) is 4.14. The minimum atomic E-state index is -0.629. The molecule has 0 saturated carbocycles. The quantitative estimate of drug-likeness (QED) is 0.508. The maximum absolute atomic E-state index is 12.7. The highest BCUT2D eigenvalue weighted by atomic mass is 79.9. The van der Waals surface area contributed by atoms with E-state index in [4.69, 9.17) is 0 Å². The first-order chi connectivity index (χ1) is 13.9. The first-order valence-electron chi connectivity index (χ1n) is 8.61. The number of amides is 3. The molecule has 29 heavy (non-hydrogen) atoms. The molecule has 2 aromatic carbocycles. The SMILES string of the molecule is COC(=O)c1ccc(N2C(=O)CC(SCC(=O)Nc3cccc(Br)c3)C2=O)cc1. The number of rotatable bonds is 6. The maximum Gasteiger partial charge on any atom is 0.337 e. The lowest BCUT2D eigenvalue weighted by atomic mass is 10.2. The summed E-state index contributed by atoms with van der Waals surface area (Å²) in [6.45, 7) is 0. The lowest BCUT2D eigenvalue weighted by Gasteiger charge is -2.15. The third kappa shape index (κ3) is 5.04. The number of ether oxygens (including phenoxy) is 1. The van der Waals surface area contributed by atoms with E-state index < -0.39 is 11.2 Å². The first-order valence-corrected chi connectivity index (χ1v) is 10.5. The summed E-state index contributed by atoms with van der Waals surface area (Å²) in [7, 11) is 1.28. The molecule has 150 valence electrons. The number of benzene rings is 2.